The number of rotatable bonds is 5. The predicted molar refractivity (Wildman–Crippen MR) is 92.4 cm³/mol. The first-order chi connectivity index (χ1) is 12.6. The molecule has 3 aromatic rings. The minimum atomic E-state index is -0.789. The standard InChI is InChI=1S/C18H17N3O5/c1-11-3-5-13(26-11)8-20-17(22)18(23)21-12-4-6-14(15(7-12)24-2)16-9-19-10-25-16/h3-7,9-10H,8H2,1-2H3,(H,20,22)(H,21,23). The highest BCUT2D eigenvalue weighted by Gasteiger charge is 2.16. The number of methoxy groups -OCH3 is 1. The quantitative estimate of drug-likeness (QED) is 0.681. The summed E-state index contributed by atoms with van der Waals surface area (Å²) in [5.74, 6) is 0.761. The highest BCUT2D eigenvalue weighted by Crippen LogP contribution is 2.32. The van der Waals surface area contributed by atoms with Crippen molar-refractivity contribution in [2.45, 2.75) is 13.5 Å². The van der Waals surface area contributed by atoms with E-state index < -0.39 is 11.8 Å². The summed E-state index contributed by atoms with van der Waals surface area (Å²) < 4.78 is 15.9. The van der Waals surface area contributed by atoms with Gasteiger partial charge in [0.2, 0.25) is 0 Å². The summed E-state index contributed by atoms with van der Waals surface area (Å²) in [5.41, 5.74) is 1.10. The van der Waals surface area contributed by atoms with E-state index in [0.717, 1.165) is 5.76 Å². The van der Waals surface area contributed by atoms with Crippen molar-refractivity contribution in [3.63, 3.8) is 0 Å². The van der Waals surface area contributed by atoms with Crippen molar-refractivity contribution < 1.29 is 23.2 Å². The Morgan fingerprint density at radius 3 is 2.69 bits per heavy atom. The number of nitrogens with one attached hydrogen (secondary N) is 2. The number of nitrogens with zero attached hydrogens (tertiary/aromatic N) is 1. The lowest BCUT2D eigenvalue weighted by atomic mass is 10.1. The molecule has 0 aliphatic heterocycles. The van der Waals surface area contributed by atoms with Gasteiger partial charge in [0, 0.05) is 11.8 Å². The summed E-state index contributed by atoms with van der Waals surface area (Å²) in [7, 11) is 1.50. The van der Waals surface area contributed by atoms with Gasteiger partial charge in [-0.2, -0.15) is 0 Å². The molecule has 3 rings (SSSR count). The highest BCUT2D eigenvalue weighted by molar-refractivity contribution is 6.39. The van der Waals surface area contributed by atoms with E-state index in [4.69, 9.17) is 13.6 Å². The van der Waals surface area contributed by atoms with Crippen LogP contribution in [0.3, 0.4) is 0 Å². The van der Waals surface area contributed by atoms with Gasteiger partial charge in [0.1, 0.15) is 17.3 Å². The molecule has 2 aromatic heterocycles. The number of aromatic nitrogens is 1. The first-order valence-electron chi connectivity index (χ1n) is 7.78. The van der Waals surface area contributed by atoms with E-state index in [1.165, 1.54) is 13.5 Å². The molecule has 0 saturated heterocycles. The van der Waals surface area contributed by atoms with E-state index >= 15 is 0 Å². The summed E-state index contributed by atoms with van der Waals surface area (Å²) in [6, 6.07) is 8.46. The van der Waals surface area contributed by atoms with Gasteiger partial charge in [0.05, 0.1) is 25.4 Å². The number of oxazole rings is 1. The molecule has 0 aliphatic carbocycles. The number of hydrogen-bond acceptors (Lipinski definition) is 6. The lowest BCUT2D eigenvalue weighted by Gasteiger charge is -2.10. The Labute approximate surface area is 149 Å². The average Bonchev–Trinajstić information content (AvgIpc) is 3.31. The van der Waals surface area contributed by atoms with Crippen LogP contribution in [0.5, 0.6) is 5.75 Å². The normalized spacial score (nSPS) is 10.4. The second kappa shape index (κ2) is 7.56. The molecule has 0 fully saturated rings. The molecule has 1 aromatic carbocycles. The van der Waals surface area contributed by atoms with E-state index in [2.05, 4.69) is 15.6 Å². The van der Waals surface area contributed by atoms with Gasteiger partial charge < -0.3 is 24.2 Å². The number of ether oxygens (including phenoxy) is 1. The zero-order chi connectivity index (χ0) is 18.5. The second-order valence-corrected chi connectivity index (χ2v) is 5.43. The summed E-state index contributed by atoms with van der Waals surface area (Å²) in [4.78, 5) is 27.8. The van der Waals surface area contributed by atoms with Crippen LogP contribution in [0.1, 0.15) is 11.5 Å². The SMILES string of the molecule is COc1cc(NC(=O)C(=O)NCc2ccc(C)o2)ccc1-c1cnco1. The summed E-state index contributed by atoms with van der Waals surface area (Å²) in [5, 5.41) is 5.02. The average molecular weight is 355 g/mol. The van der Waals surface area contributed by atoms with Crippen molar-refractivity contribution >= 4 is 17.5 Å². The Morgan fingerprint density at radius 1 is 1.19 bits per heavy atom. The zero-order valence-corrected chi connectivity index (χ0v) is 14.2. The first kappa shape index (κ1) is 17.3. The molecule has 0 spiro atoms. The first-order valence-corrected chi connectivity index (χ1v) is 7.78. The van der Waals surface area contributed by atoms with Gasteiger partial charge in [-0.25, -0.2) is 4.98 Å². The lowest BCUT2D eigenvalue weighted by molar-refractivity contribution is -0.136. The molecule has 0 aliphatic rings. The number of hydrogen-bond donors (Lipinski definition) is 2. The number of anilines is 1. The molecular weight excluding hydrogens is 338 g/mol. The van der Waals surface area contributed by atoms with Gasteiger partial charge in [0.15, 0.2) is 12.2 Å². The van der Waals surface area contributed by atoms with Crippen LogP contribution in [-0.2, 0) is 16.1 Å². The monoisotopic (exact) mass is 355 g/mol. The van der Waals surface area contributed by atoms with Crippen molar-refractivity contribution in [1.29, 1.82) is 0 Å². The van der Waals surface area contributed by atoms with Gasteiger partial charge >= 0.3 is 11.8 Å². The Hall–Kier alpha value is -3.55. The molecule has 8 nitrogen and oxygen atoms in total. The second-order valence-electron chi connectivity index (χ2n) is 5.43. The summed E-state index contributed by atoms with van der Waals surface area (Å²) >= 11 is 0. The van der Waals surface area contributed by atoms with E-state index in [-0.39, 0.29) is 6.54 Å². The van der Waals surface area contributed by atoms with E-state index in [1.54, 1.807) is 43.5 Å². The topological polar surface area (TPSA) is 107 Å². The van der Waals surface area contributed by atoms with Gasteiger partial charge in [-0.3, -0.25) is 9.59 Å². The Balaban J connectivity index is 1.64. The van der Waals surface area contributed by atoms with Crippen molar-refractivity contribution in [2.24, 2.45) is 0 Å². The molecule has 0 unspecified atom stereocenters. The number of amides is 2. The summed E-state index contributed by atoms with van der Waals surface area (Å²) in [6.45, 7) is 1.93. The van der Waals surface area contributed by atoms with Crippen LogP contribution >= 0.6 is 0 Å². The van der Waals surface area contributed by atoms with E-state index in [9.17, 15) is 9.59 Å². The fourth-order valence-electron chi connectivity index (χ4n) is 2.34. The van der Waals surface area contributed by atoms with Crippen molar-refractivity contribution in [1.82, 2.24) is 10.3 Å². The van der Waals surface area contributed by atoms with Crippen molar-refractivity contribution in [3.05, 3.63) is 54.4 Å². The molecule has 0 saturated carbocycles. The molecule has 0 bridgehead atoms. The third kappa shape index (κ3) is 3.92. The van der Waals surface area contributed by atoms with Crippen LogP contribution < -0.4 is 15.4 Å². The zero-order valence-electron chi connectivity index (χ0n) is 14.2. The molecule has 2 N–H and O–H groups in total. The van der Waals surface area contributed by atoms with E-state index in [0.29, 0.717) is 28.5 Å². The van der Waals surface area contributed by atoms with Crippen molar-refractivity contribution in [2.75, 3.05) is 12.4 Å². The van der Waals surface area contributed by atoms with Crippen LogP contribution in [0.15, 0.2) is 51.8 Å². The number of aryl methyl sites for hydroxylation is 1. The number of carbonyl (C=O) groups is 2. The van der Waals surface area contributed by atoms with Crippen LogP contribution in [-0.4, -0.2) is 23.9 Å². The number of carbonyl (C=O) groups excluding carboxylic acids is 2. The van der Waals surface area contributed by atoms with Crippen LogP contribution in [0.4, 0.5) is 5.69 Å². The molecule has 0 radical (unpaired) electrons. The number of benzene rings is 1. The lowest BCUT2D eigenvalue weighted by Crippen LogP contribution is -2.34. The van der Waals surface area contributed by atoms with Crippen LogP contribution in [0.2, 0.25) is 0 Å². The van der Waals surface area contributed by atoms with Crippen LogP contribution in [0.25, 0.3) is 11.3 Å². The number of furan rings is 1. The molecule has 26 heavy (non-hydrogen) atoms. The van der Waals surface area contributed by atoms with Gasteiger partial charge in [-0.05, 0) is 31.2 Å². The molecule has 2 heterocycles. The molecule has 0 atom stereocenters. The molecular formula is C18H17N3O5. The maximum Gasteiger partial charge on any atom is 0.313 e. The molecule has 8 heteroatoms. The largest absolute Gasteiger partial charge is 0.496 e. The minimum absolute atomic E-state index is 0.133. The Bertz CT molecular complexity index is 915. The van der Waals surface area contributed by atoms with Gasteiger partial charge in [-0.1, -0.05) is 0 Å². The molecule has 2 amide bonds. The minimum Gasteiger partial charge on any atom is -0.496 e. The smallest absolute Gasteiger partial charge is 0.313 e. The predicted octanol–water partition coefficient (Wildman–Crippen LogP) is 2.51. The van der Waals surface area contributed by atoms with Crippen LogP contribution in [0, 0.1) is 6.92 Å². The fourth-order valence-corrected chi connectivity index (χ4v) is 2.34. The van der Waals surface area contributed by atoms with Gasteiger partial charge in [-0.15, -0.1) is 0 Å². The van der Waals surface area contributed by atoms with Gasteiger partial charge in [0.25, 0.3) is 0 Å². The third-order valence-electron chi connectivity index (χ3n) is 3.58. The molecule has 134 valence electrons. The third-order valence-corrected chi connectivity index (χ3v) is 3.58. The highest BCUT2D eigenvalue weighted by atomic mass is 16.5. The fraction of sp³-hybridized carbons (Fsp3) is 0.167. The summed E-state index contributed by atoms with van der Waals surface area (Å²) in [6.07, 6.45) is 2.87. The van der Waals surface area contributed by atoms with Crippen molar-refractivity contribution in [3.8, 4) is 17.1 Å². The Kier molecular flexibility index (Phi) is 5.02. The van der Waals surface area contributed by atoms with E-state index in [1.807, 2.05) is 0 Å². The Morgan fingerprint density at radius 2 is 2.04 bits per heavy atom. The maximum atomic E-state index is 12.0. The maximum absolute atomic E-state index is 12.0.